The number of H-pyrrole nitrogens is 1. The number of carbonyl (C=O) groups excluding carboxylic acids is 1. The number of pyridine rings is 3. The minimum absolute atomic E-state index is 0.00573. The van der Waals surface area contributed by atoms with Gasteiger partial charge in [0.25, 0.3) is 15.9 Å². The van der Waals surface area contributed by atoms with E-state index in [4.69, 9.17) is 43.1 Å². The van der Waals surface area contributed by atoms with Gasteiger partial charge in [0.15, 0.2) is 22.3 Å². The number of sulfonamides is 1. The fourth-order valence-electron chi connectivity index (χ4n) is 14.9. The highest BCUT2D eigenvalue weighted by Crippen LogP contribution is 2.54. The maximum Gasteiger partial charge on any atom is 0.300 e. The highest BCUT2D eigenvalue weighted by atomic mass is 32.2. The predicted molar refractivity (Wildman–Crippen MR) is 333 cm³/mol. The number of fused-ring (bicyclic) bond motifs is 4. The Labute approximate surface area is 517 Å². The van der Waals surface area contributed by atoms with Crippen molar-refractivity contribution < 1.29 is 51.3 Å². The van der Waals surface area contributed by atoms with Gasteiger partial charge in [-0.1, -0.05) is 18.2 Å². The van der Waals surface area contributed by atoms with Crippen molar-refractivity contribution in [3.05, 3.63) is 106 Å². The van der Waals surface area contributed by atoms with Gasteiger partial charge in [-0.05, 0) is 125 Å². The first-order valence-electron chi connectivity index (χ1n) is 31.4. The first-order valence-corrected chi connectivity index (χ1v) is 32.9. The minimum Gasteiger partial charge on any atom is -0.493 e. The Morgan fingerprint density at radius 1 is 0.888 bits per heavy atom. The van der Waals surface area contributed by atoms with E-state index in [0.29, 0.717) is 68.4 Å². The monoisotopic (exact) mass is 1240 g/mol. The van der Waals surface area contributed by atoms with Crippen LogP contribution in [0.5, 0.6) is 23.3 Å². The molecule has 1 amide bonds. The molecule has 7 aliphatic heterocycles. The quantitative estimate of drug-likeness (QED) is 0.0650. The molecule has 0 bridgehead atoms. The molecule has 472 valence electrons. The van der Waals surface area contributed by atoms with Crippen LogP contribution in [0.2, 0.25) is 0 Å². The van der Waals surface area contributed by atoms with Gasteiger partial charge in [0, 0.05) is 101 Å². The number of nitrogens with one attached hydrogen (secondary N) is 3. The van der Waals surface area contributed by atoms with E-state index in [1.54, 1.807) is 19.4 Å². The third-order valence-corrected chi connectivity index (χ3v) is 20.8. The molecule has 24 nitrogen and oxygen atoms in total. The highest BCUT2D eigenvalue weighted by molar-refractivity contribution is 7.90. The number of morpholine rings is 1. The van der Waals surface area contributed by atoms with E-state index in [-0.39, 0.29) is 71.9 Å². The van der Waals surface area contributed by atoms with Gasteiger partial charge < -0.3 is 58.2 Å². The number of rotatable bonds is 15. The lowest BCUT2D eigenvalue weighted by Crippen LogP contribution is -2.59. The van der Waals surface area contributed by atoms with E-state index < -0.39 is 37.7 Å². The molecule has 0 radical (unpaired) electrons. The number of nitrogens with zero attached hydrogens (tertiary/aromatic N) is 9. The summed E-state index contributed by atoms with van der Waals surface area (Å²) in [5.74, 6) is 1.85. The maximum absolute atomic E-state index is 15.0. The number of aromatic nitrogens is 4. The van der Waals surface area contributed by atoms with E-state index in [0.717, 1.165) is 124 Å². The van der Waals surface area contributed by atoms with Crippen LogP contribution in [0.15, 0.2) is 84.1 Å². The summed E-state index contributed by atoms with van der Waals surface area (Å²) < 4.78 is 73.4. The molecule has 5 saturated heterocycles. The van der Waals surface area contributed by atoms with Crippen molar-refractivity contribution in [3.8, 4) is 23.3 Å². The lowest BCUT2D eigenvalue weighted by Gasteiger charge is -2.58. The number of piperidine rings is 1. The molecule has 89 heavy (non-hydrogen) atoms. The van der Waals surface area contributed by atoms with Crippen LogP contribution >= 0.6 is 0 Å². The van der Waals surface area contributed by atoms with Crippen LogP contribution in [0, 0.1) is 21.4 Å². The molecule has 0 unspecified atom stereocenters. The molecule has 1 saturated carbocycles. The zero-order valence-electron chi connectivity index (χ0n) is 50.8. The topological polar surface area (TPSA) is 254 Å². The number of ether oxygens (including phenoxy) is 7. The summed E-state index contributed by atoms with van der Waals surface area (Å²) in [7, 11) is -3.12. The summed E-state index contributed by atoms with van der Waals surface area (Å²) >= 11 is 0. The Hall–Kier alpha value is -7.55. The molecule has 5 atom stereocenters. The molecule has 3 N–H and O–H groups in total. The van der Waals surface area contributed by atoms with Crippen LogP contribution in [0.25, 0.3) is 11.0 Å². The summed E-state index contributed by atoms with van der Waals surface area (Å²) in [5, 5.41) is 15.9. The second-order valence-electron chi connectivity index (χ2n) is 25.5. The van der Waals surface area contributed by atoms with Crippen molar-refractivity contribution in [3.63, 3.8) is 0 Å². The number of carbonyl (C=O) groups is 1. The Bertz CT molecular complexity index is 3740. The smallest absolute Gasteiger partial charge is 0.300 e. The van der Waals surface area contributed by atoms with Gasteiger partial charge in [-0.3, -0.25) is 24.7 Å². The van der Waals surface area contributed by atoms with Crippen LogP contribution in [0.3, 0.4) is 0 Å². The number of hydrogen-bond acceptors (Lipinski definition) is 21. The number of methoxy groups -OCH3 is 1. The zero-order valence-corrected chi connectivity index (χ0v) is 51.6. The Morgan fingerprint density at radius 3 is 2.49 bits per heavy atom. The predicted octanol–water partition coefficient (Wildman–Crippen LogP) is 8.00. The number of para-hydroxylation sites is 1. The van der Waals surface area contributed by atoms with Crippen LogP contribution in [0.4, 0.5) is 34.3 Å². The summed E-state index contributed by atoms with van der Waals surface area (Å²) in [6.07, 6.45) is 9.47. The van der Waals surface area contributed by atoms with Crippen LogP contribution in [-0.4, -0.2) is 178 Å². The van der Waals surface area contributed by atoms with Crippen LogP contribution in [0.1, 0.15) is 93.2 Å². The summed E-state index contributed by atoms with van der Waals surface area (Å²) in [5.41, 5.74) is 4.56. The van der Waals surface area contributed by atoms with E-state index in [1.165, 1.54) is 5.56 Å². The van der Waals surface area contributed by atoms with Gasteiger partial charge in [-0.25, -0.2) is 9.71 Å². The Kier molecular flexibility index (Phi) is 16.2. The number of anilines is 5. The van der Waals surface area contributed by atoms with Gasteiger partial charge in [0.1, 0.15) is 29.8 Å². The van der Waals surface area contributed by atoms with Crippen molar-refractivity contribution in [1.82, 2.24) is 34.5 Å². The third kappa shape index (κ3) is 11.6. The average Bonchev–Trinajstić information content (AvgIpc) is 1.41. The van der Waals surface area contributed by atoms with Crippen molar-refractivity contribution in [2.24, 2.45) is 11.3 Å². The number of hydrogen-bond donors (Lipinski definition) is 3. The standard InChI is InChI=1S/C64H78N12O12S/c1-39(2)87-54-8-6-5-7-46(54)53-35-71(34-41-27-55(82-4)60(66-33-41)73-22-26-85-36-40(73)3)20-21-74(53)45-31-64(32-45)15-18-72(19-16-64)44-9-10-47(50(29-44)75-49-14-25-84-38-56(49)88-62-52(75)28-43-11-17-65-59(43)69-62)61(77)70-89(80,81)57-30-51(76(78)79)58-63(68-57)86-37-48(67-58)42-12-23-83-24-13-42/h5-11,17,27-30,33,39-40,42,45,48-49,53,56,67H,12-16,18-26,31-32,34-38H2,1-4H3,(H,65,69)(H,70,77)/t40-,48-,49+,53-,56+/m1/s1. The molecule has 6 fully saturated rings. The Morgan fingerprint density at radius 2 is 1.70 bits per heavy atom. The molecule has 11 heterocycles. The number of piperazine rings is 1. The Balaban J connectivity index is 0.720. The fraction of sp³-hybridized carbons (Fsp3) is 0.531. The molecule has 1 spiro atoms. The second kappa shape index (κ2) is 24.3. The lowest BCUT2D eigenvalue weighted by molar-refractivity contribution is -0.384. The first kappa shape index (κ1) is 59.1. The van der Waals surface area contributed by atoms with Crippen LogP contribution in [-0.2, 0) is 30.8 Å². The number of benzene rings is 2. The van der Waals surface area contributed by atoms with E-state index in [1.807, 2.05) is 30.5 Å². The van der Waals surface area contributed by atoms with Crippen molar-refractivity contribution in [2.75, 3.05) is 113 Å². The molecular formula is C64H78N12O12S. The van der Waals surface area contributed by atoms with Gasteiger partial charge in [0.2, 0.25) is 11.8 Å². The summed E-state index contributed by atoms with van der Waals surface area (Å²) in [6.45, 7) is 15.3. The second-order valence-corrected chi connectivity index (χ2v) is 27.1. The molecule has 2 aromatic carbocycles. The maximum atomic E-state index is 15.0. The normalized spacial score (nSPS) is 24.2. The largest absolute Gasteiger partial charge is 0.493 e. The third-order valence-electron chi connectivity index (χ3n) is 19.6. The zero-order chi connectivity index (χ0) is 61.1. The van der Waals surface area contributed by atoms with Crippen molar-refractivity contribution in [1.29, 1.82) is 0 Å². The minimum atomic E-state index is -4.84. The number of nitro groups is 1. The van der Waals surface area contributed by atoms with Gasteiger partial charge in [0.05, 0.1) is 79.4 Å². The first-order chi connectivity index (χ1) is 43.2. The van der Waals surface area contributed by atoms with E-state index >= 15 is 0 Å². The van der Waals surface area contributed by atoms with Crippen molar-refractivity contribution >= 4 is 61.2 Å². The molecule has 6 aromatic rings. The molecule has 8 aliphatic rings. The molecule has 1 aliphatic carbocycles. The lowest BCUT2D eigenvalue weighted by atomic mass is 9.59. The van der Waals surface area contributed by atoms with E-state index in [2.05, 4.69) is 95.6 Å². The van der Waals surface area contributed by atoms with Gasteiger partial charge in [-0.15, -0.1) is 0 Å². The molecule has 4 aromatic heterocycles. The number of aromatic amines is 1. The highest BCUT2D eigenvalue weighted by Gasteiger charge is 2.51. The van der Waals surface area contributed by atoms with Crippen LogP contribution < -0.4 is 43.7 Å². The molecule has 14 rings (SSSR count). The van der Waals surface area contributed by atoms with Gasteiger partial charge in [-0.2, -0.15) is 18.4 Å². The SMILES string of the molecule is COc1cc(CN2CCN(C3CC4(CCN(c5ccc(C(=O)NS(=O)(=O)c6cc([N+](=O)[O-])c7c(n6)OC[C@H](C6CCOCC6)N7)c(N6c7cc8cc[nH]c8nc7O[C@H]7COCC[C@@H]76)c5)CC4)C3)[C@@H](c3ccccc3OC(C)C)C2)cnc1N1CCOC[C@H]1C. The molecular weight excluding hydrogens is 1160 g/mol. The van der Waals surface area contributed by atoms with E-state index in [9.17, 15) is 23.3 Å². The molecule has 25 heteroatoms. The summed E-state index contributed by atoms with van der Waals surface area (Å²) in [4.78, 5) is 56.2. The van der Waals surface area contributed by atoms with Gasteiger partial charge >= 0.3 is 5.69 Å². The fourth-order valence-corrected chi connectivity index (χ4v) is 15.9. The summed E-state index contributed by atoms with van der Waals surface area (Å²) in [6, 6.07) is 21.1. The number of amides is 1. The van der Waals surface area contributed by atoms with Crippen molar-refractivity contribution in [2.45, 2.75) is 120 Å². The average molecular weight is 1240 g/mol.